The zero-order chi connectivity index (χ0) is 9.68. The van der Waals surface area contributed by atoms with E-state index in [-0.39, 0.29) is 5.90 Å². The molecule has 1 rings (SSSR count). The minimum atomic E-state index is -0.826. The Morgan fingerprint density at radius 1 is 1.69 bits per heavy atom. The molecule has 0 amide bonds. The predicted octanol–water partition coefficient (Wildman–Crippen LogP) is 0.666. The van der Waals surface area contributed by atoms with Crippen molar-refractivity contribution in [1.29, 1.82) is 0 Å². The number of hydrazone groups is 1. The third kappa shape index (κ3) is 2.51. The van der Waals surface area contributed by atoms with Crippen LogP contribution in [0.4, 0.5) is 0 Å². The summed E-state index contributed by atoms with van der Waals surface area (Å²) in [4.78, 5) is 13.9. The maximum Gasteiger partial charge on any atom is 0.311 e. The van der Waals surface area contributed by atoms with Crippen LogP contribution in [0, 0.1) is 10.1 Å². The summed E-state index contributed by atoms with van der Waals surface area (Å²) >= 11 is 0. The molecule has 1 aromatic heterocycles. The number of methoxy groups -OCH3 is 1. The molecular formula is C7H7N3O3. The molecule has 6 nitrogen and oxygen atoms in total. The van der Waals surface area contributed by atoms with E-state index in [0.29, 0.717) is 5.69 Å². The molecule has 0 fully saturated rings. The Kier molecular flexibility index (Phi) is 2.91. The van der Waals surface area contributed by atoms with Crippen LogP contribution in [-0.4, -0.2) is 23.0 Å². The van der Waals surface area contributed by atoms with E-state index >= 15 is 0 Å². The maximum atomic E-state index is 10.1. The number of pyridine rings is 1. The van der Waals surface area contributed by atoms with Crippen molar-refractivity contribution in [1.82, 2.24) is 4.98 Å². The average Bonchev–Trinajstić information content (AvgIpc) is 2.15. The number of nitro groups is 1. The summed E-state index contributed by atoms with van der Waals surface area (Å²) in [6.07, 6.45) is 1.50. The van der Waals surface area contributed by atoms with Gasteiger partial charge in [0.25, 0.3) is 0 Å². The van der Waals surface area contributed by atoms with Crippen molar-refractivity contribution in [3.63, 3.8) is 0 Å². The number of aromatic nitrogens is 1. The van der Waals surface area contributed by atoms with Gasteiger partial charge in [-0.15, -0.1) is 0 Å². The Hall–Kier alpha value is -1.98. The van der Waals surface area contributed by atoms with Gasteiger partial charge in [0.1, 0.15) is 10.8 Å². The quantitative estimate of drug-likeness (QED) is 0.290. The van der Waals surface area contributed by atoms with E-state index in [1.165, 1.54) is 13.3 Å². The van der Waals surface area contributed by atoms with Crippen LogP contribution in [-0.2, 0) is 4.74 Å². The fourth-order valence-electron chi connectivity index (χ4n) is 0.760. The van der Waals surface area contributed by atoms with E-state index in [1.54, 1.807) is 18.2 Å². The minimum absolute atomic E-state index is 0.106. The monoisotopic (exact) mass is 181 g/mol. The van der Waals surface area contributed by atoms with Gasteiger partial charge in [0.2, 0.25) is 0 Å². The van der Waals surface area contributed by atoms with Crippen molar-refractivity contribution in [2.45, 2.75) is 0 Å². The van der Waals surface area contributed by atoms with Crippen LogP contribution >= 0.6 is 0 Å². The predicted molar refractivity (Wildman–Crippen MR) is 44.8 cm³/mol. The molecule has 6 heteroatoms. The van der Waals surface area contributed by atoms with Crippen LogP contribution in [0.3, 0.4) is 0 Å². The van der Waals surface area contributed by atoms with E-state index < -0.39 is 5.03 Å². The van der Waals surface area contributed by atoms with Gasteiger partial charge in [-0.2, -0.15) is 0 Å². The van der Waals surface area contributed by atoms with Gasteiger partial charge in [0.15, 0.2) is 5.03 Å². The summed E-state index contributed by atoms with van der Waals surface area (Å²) in [7, 11) is 1.30. The zero-order valence-electron chi connectivity index (χ0n) is 6.88. The normalized spacial score (nSPS) is 11.0. The molecule has 0 unspecified atom stereocenters. The number of hydrogen-bond donors (Lipinski definition) is 0. The van der Waals surface area contributed by atoms with Crippen molar-refractivity contribution in [3.05, 3.63) is 40.2 Å². The van der Waals surface area contributed by atoms with Gasteiger partial charge in [-0.3, -0.25) is 4.98 Å². The summed E-state index contributed by atoms with van der Waals surface area (Å²) in [5.74, 6) is -0.106. The molecule has 68 valence electrons. The lowest BCUT2D eigenvalue weighted by Gasteiger charge is -1.98. The van der Waals surface area contributed by atoms with Gasteiger partial charge >= 0.3 is 5.90 Å². The van der Waals surface area contributed by atoms with Crippen LogP contribution < -0.4 is 0 Å². The van der Waals surface area contributed by atoms with Gasteiger partial charge < -0.3 is 4.74 Å². The summed E-state index contributed by atoms with van der Waals surface area (Å²) in [6.45, 7) is 0. The standard InChI is InChI=1S/C7H7N3O3/c1-13-7(9-10(11)12)6-4-2-3-5-8-6/h2-5H,1H3. The lowest BCUT2D eigenvalue weighted by molar-refractivity contribution is -0.486. The van der Waals surface area contributed by atoms with Crippen LogP contribution in [0.15, 0.2) is 29.5 Å². The molecule has 0 aliphatic rings. The molecule has 0 radical (unpaired) electrons. The smallest absolute Gasteiger partial charge is 0.311 e. The first-order chi connectivity index (χ1) is 6.24. The molecule has 1 aromatic rings. The molecule has 1 heterocycles. The fraction of sp³-hybridized carbons (Fsp3) is 0.143. The molecule has 0 bridgehead atoms. The van der Waals surface area contributed by atoms with Gasteiger partial charge in [-0.1, -0.05) is 6.07 Å². The fourth-order valence-corrected chi connectivity index (χ4v) is 0.760. The second kappa shape index (κ2) is 4.15. The molecule has 0 saturated carbocycles. The highest BCUT2D eigenvalue weighted by Crippen LogP contribution is 1.97. The number of hydrogen-bond acceptors (Lipinski definition) is 4. The molecule has 0 saturated heterocycles. The van der Waals surface area contributed by atoms with E-state index in [9.17, 15) is 10.1 Å². The molecule has 0 aliphatic carbocycles. The van der Waals surface area contributed by atoms with Crippen LogP contribution in [0.5, 0.6) is 0 Å². The van der Waals surface area contributed by atoms with E-state index in [1.807, 2.05) is 0 Å². The second-order valence-electron chi connectivity index (χ2n) is 2.06. The minimum Gasteiger partial charge on any atom is -0.475 e. The molecule has 0 aromatic carbocycles. The largest absolute Gasteiger partial charge is 0.475 e. The Balaban J connectivity index is 2.98. The van der Waals surface area contributed by atoms with Crippen molar-refractivity contribution in [2.24, 2.45) is 5.10 Å². The second-order valence-corrected chi connectivity index (χ2v) is 2.06. The van der Waals surface area contributed by atoms with Crippen LogP contribution in [0.1, 0.15) is 5.69 Å². The summed E-state index contributed by atoms with van der Waals surface area (Å²) in [6, 6.07) is 4.96. The Labute approximate surface area is 74.0 Å². The summed E-state index contributed by atoms with van der Waals surface area (Å²) in [5.41, 5.74) is 0.335. The van der Waals surface area contributed by atoms with E-state index in [0.717, 1.165) is 0 Å². The maximum absolute atomic E-state index is 10.1. The molecule has 0 aliphatic heterocycles. The van der Waals surface area contributed by atoms with Gasteiger partial charge in [-0.05, 0) is 12.1 Å². The first-order valence-electron chi connectivity index (χ1n) is 3.42. The van der Waals surface area contributed by atoms with Gasteiger partial charge in [-0.25, -0.2) is 10.1 Å². The molecule has 0 atom stereocenters. The summed E-state index contributed by atoms with van der Waals surface area (Å²) < 4.78 is 4.69. The topological polar surface area (TPSA) is 77.6 Å². The number of ether oxygens (including phenoxy) is 1. The number of rotatable bonds is 2. The highest BCUT2D eigenvalue weighted by Gasteiger charge is 2.08. The SMILES string of the molecule is COC(=N[N+](=O)[O-])c1ccccn1. The molecule has 0 N–H and O–H groups in total. The third-order valence-electron chi connectivity index (χ3n) is 1.25. The molecular weight excluding hydrogens is 174 g/mol. The first-order valence-corrected chi connectivity index (χ1v) is 3.42. The first kappa shape index (κ1) is 9.11. The van der Waals surface area contributed by atoms with Gasteiger partial charge in [0, 0.05) is 6.20 Å². The average molecular weight is 181 g/mol. The summed E-state index contributed by atoms with van der Waals surface area (Å²) in [5, 5.41) is 12.2. The Morgan fingerprint density at radius 3 is 2.92 bits per heavy atom. The van der Waals surface area contributed by atoms with Crippen LogP contribution in [0.2, 0.25) is 0 Å². The highest BCUT2D eigenvalue weighted by molar-refractivity contribution is 5.91. The lowest BCUT2D eigenvalue weighted by atomic mass is 10.3. The Morgan fingerprint density at radius 2 is 2.46 bits per heavy atom. The lowest BCUT2D eigenvalue weighted by Crippen LogP contribution is -2.08. The highest BCUT2D eigenvalue weighted by atomic mass is 16.7. The van der Waals surface area contributed by atoms with Gasteiger partial charge in [0.05, 0.1) is 7.11 Å². The van der Waals surface area contributed by atoms with Crippen molar-refractivity contribution in [2.75, 3.05) is 7.11 Å². The molecule has 13 heavy (non-hydrogen) atoms. The van der Waals surface area contributed by atoms with Crippen LogP contribution in [0.25, 0.3) is 0 Å². The van der Waals surface area contributed by atoms with E-state index in [4.69, 9.17) is 4.74 Å². The Bertz CT molecular complexity index is 323. The zero-order valence-corrected chi connectivity index (χ0v) is 6.88. The van der Waals surface area contributed by atoms with Crippen molar-refractivity contribution in [3.8, 4) is 0 Å². The van der Waals surface area contributed by atoms with Crippen molar-refractivity contribution < 1.29 is 9.77 Å². The van der Waals surface area contributed by atoms with E-state index in [2.05, 4.69) is 10.1 Å². The molecule has 0 spiro atoms. The van der Waals surface area contributed by atoms with Crippen molar-refractivity contribution >= 4 is 5.90 Å². The number of nitrogens with zero attached hydrogens (tertiary/aromatic N) is 3. The third-order valence-corrected chi connectivity index (χ3v) is 1.25.